The SMILES string of the molecule is CCCCCCCCc1ccc(-c2ccccc2N)c(N)c1CCCCCCCC. The second-order valence-electron chi connectivity index (χ2n) is 8.79. The molecule has 0 amide bonds. The van der Waals surface area contributed by atoms with Crippen molar-refractivity contribution >= 4 is 11.4 Å². The zero-order valence-electron chi connectivity index (χ0n) is 19.5. The number of aryl methyl sites for hydroxylation is 1. The highest BCUT2D eigenvalue weighted by molar-refractivity contribution is 5.86. The average Bonchev–Trinajstić information content (AvgIpc) is 2.75. The van der Waals surface area contributed by atoms with E-state index in [9.17, 15) is 0 Å². The lowest BCUT2D eigenvalue weighted by Gasteiger charge is -2.18. The van der Waals surface area contributed by atoms with E-state index >= 15 is 0 Å². The van der Waals surface area contributed by atoms with Crippen molar-refractivity contribution in [3.05, 3.63) is 47.5 Å². The Morgan fingerprint density at radius 3 is 1.77 bits per heavy atom. The highest BCUT2D eigenvalue weighted by atomic mass is 14.6. The summed E-state index contributed by atoms with van der Waals surface area (Å²) in [5, 5.41) is 0. The molecule has 2 aromatic rings. The van der Waals surface area contributed by atoms with Gasteiger partial charge < -0.3 is 11.5 Å². The fourth-order valence-corrected chi connectivity index (χ4v) is 4.39. The van der Waals surface area contributed by atoms with E-state index in [1.165, 1.54) is 88.2 Å². The van der Waals surface area contributed by atoms with Crippen molar-refractivity contribution in [1.29, 1.82) is 0 Å². The van der Waals surface area contributed by atoms with Gasteiger partial charge in [0.15, 0.2) is 0 Å². The Morgan fingerprint density at radius 1 is 0.567 bits per heavy atom. The summed E-state index contributed by atoms with van der Waals surface area (Å²) in [7, 11) is 0. The van der Waals surface area contributed by atoms with E-state index in [1.54, 1.807) is 0 Å². The highest BCUT2D eigenvalue weighted by Gasteiger charge is 2.13. The van der Waals surface area contributed by atoms with Gasteiger partial charge in [-0.15, -0.1) is 0 Å². The standard InChI is InChI=1S/C28H44N2/c1-3-5-7-9-11-13-17-23-21-22-26(25-19-15-16-20-27(25)29)28(30)24(23)18-14-12-10-8-6-4-2/h15-16,19-22H,3-14,17-18,29-30H2,1-2H3. The van der Waals surface area contributed by atoms with Crippen LogP contribution in [-0.4, -0.2) is 0 Å². The molecule has 0 aliphatic rings. The smallest absolute Gasteiger partial charge is 0.0429 e. The Balaban J connectivity index is 2.10. The molecule has 2 heteroatoms. The van der Waals surface area contributed by atoms with Gasteiger partial charge in [-0.25, -0.2) is 0 Å². The molecule has 0 saturated heterocycles. The predicted molar refractivity (Wildman–Crippen MR) is 135 cm³/mol. The van der Waals surface area contributed by atoms with Gasteiger partial charge >= 0.3 is 0 Å². The minimum Gasteiger partial charge on any atom is -0.398 e. The van der Waals surface area contributed by atoms with Crippen LogP contribution in [-0.2, 0) is 12.8 Å². The van der Waals surface area contributed by atoms with Gasteiger partial charge in [-0.2, -0.15) is 0 Å². The Labute approximate surface area is 185 Å². The molecule has 2 nitrogen and oxygen atoms in total. The van der Waals surface area contributed by atoms with E-state index in [0.29, 0.717) is 0 Å². The first-order valence-corrected chi connectivity index (χ1v) is 12.4. The molecule has 0 saturated carbocycles. The summed E-state index contributed by atoms with van der Waals surface area (Å²) in [5.41, 5.74) is 19.8. The highest BCUT2D eigenvalue weighted by Crippen LogP contribution is 2.35. The molecular formula is C28H44N2. The maximum Gasteiger partial charge on any atom is 0.0429 e. The van der Waals surface area contributed by atoms with Gasteiger partial charge in [0.05, 0.1) is 0 Å². The van der Waals surface area contributed by atoms with Crippen molar-refractivity contribution in [2.45, 2.75) is 104 Å². The van der Waals surface area contributed by atoms with E-state index < -0.39 is 0 Å². The molecule has 0 unspecified atom stereocenters. The van der Waals surface area contributed by atoms with Crippen LogP contribution in [0.4, 0.5) is 11.4 Å². The Hall–Kier alpha value is -1.96. The lowest BCUT2D eigenvalue weighted by atomic mass is 9.90. The van der Waals surface area contributed by atoms with Crippen LogP contribution in [0.15, 0.2) is 36.4 Å². The predicted octanol–water partition coefficient (Wildman–Crippen LogP) is 8.32. The minimum atomic E-state index is 0.804. The molecule has 4 N–H and O–H groups in total. The number of nitrogens with two attached hydrogens (primary N) is 2. The zero-order chi connectivity index (χ0) is 21.6. The van der Waals surface area contributed by atoms with Gasteiger partial charge in [-0.05, 0) is 42.9 Å². The number of benzene rings is 2. The number of rotatable bonds is 15. The van der Waals surface area contributed by atoms with Gasteiger partial charge in [0.1, 0.15) is 0 Å². The molecule has 0 aromatic heterocycles. The Bertz CT molecular complexity index is 735. The molecule has 30 heavy (non-hydrogen) atoms. The van der Waals surface area contributed by atoms with Crippen LogP contribution in [0.1, 0.15) is 102 Å². The molecule has 0 fully saturated rings. The van der Waals surface area contributed by atoms with Crippen molar-refractivity contribution < 1.29 is 0 Å². The average molecular weight is 409 g/mol. The van der Waals surface area contributed by atoms with Gasteiger partial charge in [-0.1, -0.05) is 108 Å². The summed E-state index contributed by atoms with van der Waals surface area (Å²) < 4.78 is 0. The van der Waals surface area contributed by atoms with Crippen molar-refractivity contribution in [3.63, 3.8) is 0 Å². The largest absolute Gasteiger partial charge is 0.398 e. The summed E-state index contributed by atoms with van der Waals surface area (Å²) >= 11 is 0. The molecule has 0 spiro atoms. The third-order valence-electron chi connectivity index (χ3n) is 6.29. The number of anilines is 2. The maximum absolute atomic E-state index is 6.76. The quantitative estimate of drug-likeness (QED) is 0.230. The van der Waals surface area contributed by atoms with Gasteiger partial charge in [0, 0.05) is 22.5 Å². The van der Waals surface area contributed by atoms with Gasteiger partial charge in [0.25, 0.3) is 0 Å². The van der Waals surface area contributed by atoms with E-state index in [2.05, 4.69) is 32.0 Å². The van der Waals surface area contributed by atoms with Crippen molar-refractivity contribution in [1.82, 2.24) is 0 Å². The molecule has 2 rings (SSSR count). The second-order valence-corrected chi connectivity index (χ2v) is 8.79. The summed E-state index contributed by atoms with van der Waals surface area (Å²) in [6.07, 6.45) is 18.1. The first-order valence-electron chi connectivity index (χ1n) is 12.4. The Morgan fingerprint density at radius 2 is 1.13 bits per heavy atom. The number of hydrogen-bond acceptors (Lipinski definition) is 2. The number of hydrogen-bond donors (Lipinski definition) is 2. The normalized spacial score (nSPS) is 11.1. The fraction of sp³-hybridized carbons (Fsp3) is 0.571. The molecule has 0 heterocycles. The first-order chi connectivity index (χ1) is 14.7. The van der Waals surface area contributed by atoms with E-state index in [1.807, 2.05) is 18.2 Å². The monoisotopic (exact) mass is 408 g/mol. The molecule has 0 aliphatic carbocycles. The summed E-state index contributed by atoms with van der Waals surface area (Å²) in [6.45, 7) is 4.55. The zero-order valence-corrected chi connectivity index (χ0v) is 19.5. The summed E-state index contributed by atoms with van der Waals surface area (Å²) in [5.74, 6) is 0. The van der Waals surface area contributed by atoms with Crippen LogP contribution in [0.5, 0.6) is 0 Å². The molecule has 0 atom stereocenters. The fourth-order valence-electron chi connectivity index (χ4n) is 4.39. The topological polar surface area (TPSA) is 52.0 Å². The molecule has 0 bridgehead atoms. The van der Waals surface area contributed by atoms with Crippen LogP contribution in [0.2, 0.25) is 0 Å². The minimum absolute atomic E-state index is 0.804. The van der Waals surface area contributed by atoms with Crippen molar-refractivity contribution in [2.75, 3.05) is 11.5 Å². The first kappa shape index (κ1) is 24.3. The third kappa shape index (κ3) is 7.70. The molecule has 2 aromatic carbocycles. The van der Waals surface area contributed by atoms with Crippen LogP contribution >= 0.6 is 0 Å². The van der Waals surface area contributed by atoms with E-state index in [-0.39, 0.29) is 0 Å². The van der Waals surface area contributed by atoms with Crippen molar-refractivity contribution in [3.8, 4) is 11.1 Å². The van der Waals surface area contributed by atoms with Crippen LogP contribution in [0, 0.1) is 0 Å². The summed E-state index contributed by atoms with van der Waals surface area (Å²) in [4.78, 5) is 0. The lowest BCUT2D eigenvalue weighted by Crippen LogP contribution is -2.04. The van der Waals surface area contributed by atoms with Crippen LogP contribution in [0.25, 0.3) is 11.1 Å². The molecule has 0 radical (unpaired) electrons. The van der Waals surface area contributed by atoms with E-state index in [4.69, 9.17) is 11.5 Å². The van der Waals surface area contributed by atoms with Gasteiger partial charge in [-0.3, -0.25) is 0 Å². The third-order valence-corrected chi connectivity index (χ3v) is 6.29. The molecule has 0 aliphatic heterocycles. The van der Waals surface area contributed by atoms with Crippen molar-refractivity contribution in [2.24, 2.45) is 0 Å². The number of para-hydroxylation sites is 1. The van der Waals surface area contributed by atoms with E-state index in [0.717, 1.165) is 35.3 Å². The van der Waals surface area contributed by atoms with Crippen LogP contribution in [0.3, 0.4) is 0 Å². The van der Waals surface area contributed by atoms with Gasteiger partial charge in [0.2, 0.25) is 0 Å². The maximum atomic E-state index is 6.76. The lowest BCUT2D eigenvalue weighted by molar-refractivity contribution is 0.599. The second kappa shape index (κ2) is 14.1. The van der Waals surface area contributed by atoms with Crippen LogP contribution < -0.4 is 11.5 Å². The molecular weight excluding hydrogens is 364 g/mol. The summed E-state index contributed by atoms with van der Waals surface area (Å²) in [6, 6.07) is 12.6. The number of nitrogen functional groups attached to an aromatic ring is 2. The molecule has 166 valence electrons. The number of unbranched alkanes of at least 4 members (excludes halogenated alkanes) is 10. The Kier molecular flexibility index (Phi) is 11.4.